The van der Waals surface area contributed by atoms with Crippen LogP contribution in [-0.4, -0.2) is 13.5 Å². The molecule has 35 valence electrons. The number of rotatable bonds is 2. The third-order valence-electron chi connectivity index (χ3n) is 0.500. The smallest absolute Gasteiger partial charge is 0.201 e. The molecule has 1 radical (unpaired) electrons. The number of hydrogen-bond acceptors (Lipinski definition) is 1. The molecule has 0 unspecified atom stereocenters. The maximum Gasteiger partial charge on any atom is 0.201 e. The Hall–Kier alpha value is 0.0249. The molecular weight excluding hydrogens is 72.9 g/mol. The first-order valence-electron chi connectivity index (χ1n) is 2.31. The molecule has 1 nitrogen and oxygen atoms in total. The molecule has 0 aliphatic carbocycles. The molecule has 0 fully saturated rings. The summed E-state index contributed by atoms with van der Waals surface area (Å²) in [6.07, 6.45) is 0. The van der Waals surface area contributed by atoms with Gasteiger partial charge in [0.2, 0.25) is 7.41 Å². The van der Waals surface area contributed by atoms with Crippen LogP contribution in [0, 0.1) is 0 Å². The Morgan fingerprint density at radius 2 is 2.00 bits per heavy atom. The van der Waals surface area contributed by atoms with E-state index in [9.17, 15) is 0 Å². The average molecular weight is 84.0 g/mol. The Morgan fingerprint density at radius 3 is 2.00 bits per heavy atom. The minimum atomic E-state index is 0.593. The Labute approximate surface area is 40.4 Å². The van der Waals surface area contributed by atoms with E-state index in [0.29, 0.717) is 6.04 Å². The minimum Gasteiger partial charge on any atom is -0.358 e. The topological polar surface area (TPSA) is 12.0 Å². The number of hydrogen-bond donors (Lipinski definition) is 1. The van der Waals surface area contributed by atoms with Crippen molar-refractivity contribution in [1.82, 2.24) is 5.23 Å². The fourth-order valence-electron chi connectivity index (χ4n) is 0.333. The van der Waals surface area contributed by atoms with E-state index < -0.39 is 0 Å². The normalized spacial score (nSPS) is 9.33. The first-order valence-corrected chi connectivity index (χ1v) is 2.31. The lowest BCUT2D eigenvalue weighted by atomic mass is 9.99. The van der Waals surface area contributed by atoms with Gasteiger partial charge in [-0.3, -0.25) is 0 Å². The van der Waals surface area contributed by atoms with Crippen molar-refractivity contribution in [2.45, 2.75) is 26.7 Å². The molecule has 0 aromatic rings. The lowest BCUT2D eigenvalue weighted by Crippen LogP contribution is -2.24. The largest absolute Gasteiger partial charge is 0.358 e. The summed E-state index contributed by atoms with van der Waals surface area (Å²) in [6.45, 7) is 6.21. The first kappa shape index (κ1) is 6.02. The summed E-state index contributed by atoms with van der Waals surface area (Å²) in [4.78, 5) is 0. The molecule has 0 aromatic carbocycles. The molecule has 0 saturated heterocycles. The van der Waals surface area contributed by atoms with Crippen LogP contribution in [0.1, 0.15) is 13.8 Å². The Morgan fingerprint density at radius 1 is 1.50 bits per heavy atom. The SMILES string of the molecule is C[B]NC(C)C. The summed E-state index contributed by atoms with van der Waals surface area (Å²) in [7, 11) is 1.95. The van der Waals surface area contributed by atoms with Crippen molar-refractivity contribution in [1.29, 1.82) is 0 Å². The van der Waals surface area contributed by atoms with E-state index in [0.717, 1.165) is 0 Å². The highest BCUT2D eigenvalue weighted by molar-refractivity contribution is 6.30. The molecule has 0 heterocycles. The third kappa shape index (κ3) is 4.02. The molecule has 0 amide bonds. The Kier molecular flexibility index (Phi) is 3.24. The summed E-state index contributed by atoms with van der Waals surface area (Å²) in [5.74, 6) is 0. The highest BCUT2D eigenvalue weighted by Gasteiger charge is 1.83. The van der Waals surface area contributed by atoms with Crippen molar-refractivity contribution in [3.05, 3.63) is 0 Å². The van der Waals surface area contributed by atoms with E-state index in [2.05, 4.69) is 19.1 Å². The molecular formula is C4H11BN. The fraction of sp³-hybridized carbons (Fsp3) is 1.00. The van der Waals surface area contributed by atoms with Gasteiger partial charge in [0, 0.05) is 0 Å². The van der Waals surface area contributed by atoms with Crippen molar-refractivity contribution in [3.63, 3.8) is 0 Å². The van der Waals surface area contributed by atoms with Gasteiger partial charge in [-0.15, -0.1) is 0 Å². The predicted molar refractivity (Wildman–Crippen MR) is 29.9 cm³/mol. The van der Waals surface area contributed by atoms with Gasteiger partial charge >= 0.3 is 0 Å². The molecule has 0 rings (SSSR count). The molecule has 0 bridgehead atoms. The minimum absolute atomic E-state index is 0.593. The van der Waals surface area contributed by atoms with Crippen LogP contribution >= 0.6 is 0 Å². The third-order valence-corrected chi connectivity index (χ3v) is 0.500. The van der Waals surface area contributed by atoms with Gasteiger partial charge in [-0.1, -0.05) is 20.7 Å². The molecule has 2 heteroatoms. The molecule has 0 saturated carbocycles. The van der Waals surface area contributed by atoms with Crippen molar-refractivity contribution in [3.8, 4) is 0 Å². The van der Waals surface area contributed by atoms with Gasteiger partial charge in [-0.25, -0.2) is 0 Å². The van der Waals surface area contributed by atoms with Crippen LogP contribution in [0.5, 0.6) is 0 Å². The standard InChI is InChI=1S/C4H11BN/c1-4(2)6-5-3/h4,6H,1-3H3. The van der Waals surface area contributed by atoms with E-state index in [4.69, 9.17) is 0 Å². The highest BCUT2D eigenvalue weighted by Crippen LogP contribution is 1.69. The first-order chi connectivity index (χ1) is 2.77. The molecule has 0 aliphatic rings. The van der Waals surface area contributed by atoms with E-state index in [1.54, 1.807) is 0 Å². The Balaban J connectivity index is 2.63. The van der Waals surface area contributed by atoms with Crippen LogP contribution in [-0.2, 0) is 0 Å². The molecule has 1 N–H and O–H groups in total. The van der Waals surface area contributed by atoms with Gasteiger partial charge in [-0.05, 0) is 6.04 Å². The maximum absolute atomic E-state index is 3.08. The zero-order chi connectivity index (χ0) is 4.99. The second-order valence-electron chi connectivity index (χ2n) is 1.61. The van der Waals surface area contributed by atoms with Gasteiger partial charge in [0.25, 0.3) is 0 Å². The van der Waals surface area contributed by atoms with Crippen molar-refractivity contribution in [2.75, 3.05) is 0 Å². The second kappa shape index (κ2) is 3.22. The predicted octanol–water partition coefficient (Wildman–Crippen LogP) is 0.652. The quantitative estimate of drug-likeness (QED) is 0.484. The number of nitrogens with one attached hydrogen (secondary N) is 1. The second-order valence-corrected chi connectivity index (χ2v) is 1.61. The van der Waals surface area contributed by atoms with Crippen molar-refractivity contribution >= 4 is 7.41 Å². The van der Waals surface area contributed by atoms with Gasteiger partial charge in [-0.2, -0.15) is 0 Å². The molecule has 0 spiro atoms. The van der Waals surface area contributed by atoms with E-state index in [-0.39, 0.29) is 0 Å². The zero-order valence-electron chi connectivity index (χ0n) is 4.65. The van der Waals surface area contributed by atoms with E-state index in [1.807, 2.05) is 14.2 Å². The zero-order valence-corrected chi connectivity index (χ0v) is 4.65. The lowest BCUT2D eigenvalue weighted by molar-refractivity contribution is 0.754. The molecule has 0 atom stereocenters. The highest BCUT2D eigenvalue weighted by atomic mass is 14.8. The van der Waals surface area contributed by atoms with Gasteiger partial charge in [0.1, 0.15) is 0 Å². The summed E-state index contributed by atoms with van der Waals surface area (Å²) < 4.78 is 0. The molecule has 6 heavy (non-hydrogen) atoms. The van der Waals surface area contributed by atoms with Crippen LogP contribution in [0.4, 0.5) is 0 Å². The van der Waals surface area contributed by atoms with Gasteiger partial charge in [0.05, 0.1) is 0 Å². The van der Waals surface area contributed by atoms with E-state index in [1.165, 1.54) is 0 Å². The van der Waals surface area contributed by atoms with Crippen LogP contribution < -0.4 is 5.23 Å². The van der Waals surface area contributed by atoms with Gasteiger partial charge < -0.3 is 5.23 Å². The van der Waals surface area contributed by atoms with E-state index >= 15 is 0 Å². The summed E-state index contributed by atoms with van der Waals surface area (Å²) in [5.41, 5.74) is 0. The van der Waals surface area contributed by atoms with Crippen LogP contribution in [0.2, 0.25) is 6.82 Å². The van der Waals surface area contributed by atoms with Crippen LogP contribution in [0.25, 0.3) is 0 Å². The van der Waals surface area contributed by atoms with Crippen LogP contribution in [0.3, 0.4) is 0 Å². The average Bonchev–Trinajstić information content (AvgIpc) is 1.35. The van der Waals surface area contributed by atoms with Crippen LogP contribution in [0.15, 0.2) is 0 Å². The monoisotopic (exact) mass is 84.1 g/mol. The molecule has 0 aliphatic heterocycles. The van der Waals surface area contributed by atoms with Crippen molar-refractivity contribution < 1.29 is 0 Å². The lowest BCUT2D eigenvalue weighted by Gasteiger charge is -2.00. The summed E-state index contributed by atoms with van der Waals surface area (Å²) >= 11 is 0. The van der Waals surface area contributed by atoms with Crippen molar-refractivity contribution in [2.24, 2.45) is 0 Å². The Bertz CT molecular complexity index is 28.7. The summed E-state index contributed by atoms with van der Waals surface area (Å²) in [6, 6.07) is 0.593. The molecule has 0 aromatic heterocycles. The summed E-state index contributed by atoms with van der Waals surface area (Å²) in [5, 5.41) is 3.08. The maximum atomic E-state index is 3.08. The van der Waals surface area contributed by atoms with Gasteiger partial charge in [0.15, 0.2) is 0 Å². The fourth-order valence-corrected chi connectivity index (χ4v) is 0.333.